The van der Waals surface area contributed by atoms with Crippen LogP contribution in [-0.2, 0) is 14.7 Å². The highest BCUT2D eigenvalue weighted by Crippen LogP contribution is 2.13. The summed E-state index contributed by atoms with van der Waals surface area (Å²) in [5, 5.41) is 27.4. The van der Waals surface area contributed by atoms with Crippen molar-refractivity contribution in [3.8, 4) is 0 Å². The summed E-state index contributed by atoms with van der Waals surface area (Å²) in [5.41, 5.74) is -2.87. The highest BCUT2D eigenvalue weighted by atomic mass is 16.4. The van der Waals surface area contributed by atoms with Gasteiger partial charge in [-0.3, -0.25) is 0 Å². The second-order valence-electron chi connectivity index (χ2n) is 2.19. The zero-order valence-corrected chi connectivity index (χ0v) is 6.03. The van der Waals surface area contributed by atoms with Gasteiger partial charge in [0.25, 0.3) is 5.60 Å². The fraction of sp³-hybridized carbons (Fsp3) is 0.667. The third-order valence-electron chi connectivity index (χ3n) is 1.29. The lowest BCUT2D eigenvalue weighted by molar-refractivity contribution is -0.184. The molecule has 0 unspecified atom stereocenters. The molecular weight excluding hydrogens is 152 g/mol. The Morgan fingerprint density at radius 3 is 1.73 bits per heavy atom. The SMILES string of the molecule is CCCC([O])(C(=O)O)C(=O)O. The predicted molar refractivity (Wildman–Crippen MR) is 33.6 cm³/mol. The van der Waals surface area contributed by atoms with E-state index in [9.17, 15) is 14.7 Å². The van der Waals surface area contributed by atoms with Crippen molar-refractivity contribution in [1.82, 2.24) is 0 Å². The van der Waals surface area contributed by atoms with Gasteiger partial charge in [0.05, 0.1) is 0 Å². The van der Waals surface area contributed by atoms with E-state index in [4.69, 9.17) is 10.2 Å². The quantitative estimate of drug-likeness (QED) is 0.572. The summed E-state index contributed by atoms with van der Waals surface area (Å²) in [6.07, 6.45) is -0.153. The Bertz CT molecular complexity index is 160. The van der Waals surface area contributed by atoms with Gasteiger partial charge in [-0.1, -0.05) is 13.3 Å². The molecule has 0 rings (SSSR count). The molecule has 2 N–H and O–H groups in total. The van der Waals surface area contributed by atoms with E-state index >= 15 is 0 Å². The first kappa shape index (κ1) is 9.90. The largest absolute Gasteiger partial charge is 0.479 e. The fourth-order valence-corrected chi connectivity index (χ4v) is 0.657. The molecule has 0 aliphatic heterocycles. The molecule has 0 spiro atoms. The number of rotatable bonds is 4. The molecule has 0 aromatic carbocycles. The third kappa shape index (κ3) is 1.91. The zero-order chi connectivity index (χ0) is 9.07. The van der Waals surface area contributed by atoms with Crippen molar-refractivity contribution in [2.24, 2.45) is 0 Å². The van der Waals surface area contributed by atoms with Crippen LogP contribution in [0.4, 0.5) is 0 Å². The zero-order valence-electron chi connectivity index (χ0n) is 6.03. The Morgan fingerprint density at radius 1 is 1.27 bits per heavy atom. The molecule has 1 radical (unpaired) electrons. The molecule has 0 aliphatic carbocycles. The minimum atomic E-state index is -2.87. The molecule has 5 heteroatoms. The van der Waals surface area contributed by atoms with Crippen LogP contribution >= 0.6 is 0 Å². The molecule has 0 saturated heterocycles. The maximum atomic E-state index is 10.9. The standard InChI is InChI=1S/C6H9O5/c1-2-3-6(11,4(7)8)5(9)10/h2-3H2,1H3,(H,7,8)(H,9,10). The molecule has 0 heterocycles. The molecule has 11 heavy (non-hydrogen) atoms. The van der Waals surface area contributed by atoms with E-state index in [1.165, 1.54) is 0 Å². The summed E-state index contributed by atoms with van der Waals surface area (Å²) in [4.78, 5) is 20.3. The van der Waals surface area contributed by atoms with Crippen molar-refractivity contribution in [3.63, 3.8) is 0 Å². The molecule has 0 aliphatic rings. The van der Waals surface area contributed by atoms with Crippen molar-refractivity contribution in [2.75, 3.05) is 0 Å². The van der Waals surface area contributed by atoms with E-state index in [0.29, 0.717) is 0 Å². The summed E-state index contributed by atoms with van der Waals surface area (Å²) in [7, 11) is 0. The maximum Gasteiger partial charge on any atom is 0.351 e. The van der Waals surface area contributed by atoms with Crippen molar-refractivity contribution in [3.05, 3.63) is 0 Å². The van der Waals surface area contributed by atoms with Crippen molar-refractivity contribution in [2.45, 2.75) is 25.4 Å². The van der Waals surface area contributed by atoms with Crippen molar-refractivity contribution < 1.29 is 24.9 Å². The van der Waals surface area contributed by atoms with Gasteiger partial charge in [-0.05, 0) is 0 Å². The van der Waals surface area contributed by atoms with Gasteiger partial charge >= 0.3 is 11.9 Å². The number of carboxylic acid groups (broad SMARTS) is 2. The second-order valence-corrected chi connectivity index (χ2v) is 2.19. The van der Waals surface area contributed by atoms with Crippen LogP contribution in [-0.4, -0.2) is 27.8 Å². The first-order valence-electron chi connectivity index (χ1n) is 3.12. The van der Waals surface area contributed by atoms with E-state index in [1.54, 1.807) is 6.92 Å². The van der Waals surface area contributed by atoms with Crippen LogP contribution in [0.1, 0.15) is 19.8 Å². The average Bonchev–Trinajstić information content (AvgIpc) is 1.87. The minimum absolute atomic E-state index is 0.238. The highest BCUT2D eigenvalue weighted by Gasteiger charge is 2.45. The van der Waals surface area contributed by atoms with Crippen LogP contribution in [0, 0.1) is 0 Å². The number of carbonyl (C=O) groups is 2. The van der Waals surface area contributed by atoms with Gasteiger partial charge in [0.15, 0.2) is 0 Å². The van der Waals surface area contributed by atoms with Gasteiger partial charge in [-0.15, -0.1) is 0 Å². The van der Waals surface area contributed by atoms with Crippen LogP contribution in [0.15, 0.2) is 0 Å². The molecule has 0 aromatic rings. The van der Waals surface area contributed by atoms with E-state index in [-0.39, 0.29) is 6.42 Å². The Hall–Kier alpha value is -1.10. The molecule has 0 fully saturated rings. The van der Waals surface area contributed by atoms with Gasteiger partial charge in [0, 0.05) is 6.42 Å². The smallest absolute Gasteiger partial charge is 0.351 e. The lowest BCUT2D eigenvalue weighted by atomic mass is 9.99. The normalized spacial score (nSPS) is 11.1. The number of hydrogen-bond acceptors (Lipinski definition) is 2. The summed E-state index contributed by atoms with van der Waals surface area (Å²) < 4.78 is 0. The van der Waals surface area contributed by atoms with Crippen molar-refractivity contribution in [1.29, 1.82) is 0 Å². The predicted octanol–water partition coefficient (Wildman–Crippen LogP) is 0.125. The monoisotopic (exact) mass is 161 g/mol. The first-order chi connectivity index (χ1) is 4.95. The second kappa shape index (κ2) is 3.34. The van der Waals surface area contributed by atoms with E-state index in [0.717, 1.165) is 0 Å². The molecule has 0 atom stereocenters. The number of carboxylic acids is 2. The van der Waals surface area contributed by atoms with Crippen LogP contribution in [0.25, 0.3) is 0 Å². The molecule has 0 bridgehead atoms. The molecular formula is C6H9O5. The van der Waals surface area contributed by atoms with Gasteiger partial charge in [-0.25, -0.2) is 14.7 Å². The summed E-state index contributed by atoms with van der Waals surface area (Å²) in [5.74, 6) is -3.65. The van der Waals surface area contributed by atoms with Crippen LogP contribution in [0.3, 0.4) is 0 Å². The molecule has 0 saturated carbocycles. The van der Waals surface area contributed by atoms with Crippen LogP contribution in [0.2, 0.25) is 0 Å². The third-order valence-corrected chi connectivity index (χ3v) is 1.29. The lowest BCUT2D eigenvalue weighted by Crippen LogP contribution is -2.45. The summed E-state index contributed by atoms with van der Waals surface area (Å²) in [6, 6.07) is 0. The number of aliphatic carboxylic acids is 2. The van der Waals surface area contributed by atoms with E-state index < -0.39 is 24.0 Å². The van der Waals surface area contributed by atoms with Gasteiger partial charge in [0.2, 0.25) is 0 Å². The van der Waals surface area contributed by atoms with Crippen molar-refractivity contribution >= 4 is 11.9 Å². The van der Waals surface area contributed by atoms with Crippen LogP contribution in [0.5, 0.6) is 0 Å². The first-order valence-corrected chi connectivity index (χ1v) is 3.12. The Balaban J connectivity index is 4.52. The van der Waals surface area contributed by atoms with Gasteiger partial charge in [-0.2, -0.15) is 0 Å². The van der Waals surface area contributed by atoms with E-state index in [2.05, 4.69) is 0 Å². The topological polar surface area (TPSA) is 94.5 Å². The Morgan fingerprint density at radius 2 is 1.64 bits per heavy atom. The molecule has 0 amide bonds. The minimum Gasteiger partial charge on any atom is -0.479 e. The average molecular weight is 161 g/mol. The summed E-state index contributed by atoms with van der Waals surface area (Å²) in [6.45, 7) is 1.55. The van der Waals surface area contributed by atoms with E-state index in [1.807, 2.05) is 0 Å². The van der Waals surface area contributed by atoms with Gasteiger partial charge in [0.1, 0.15) is 0 Å². The van der Waals surface area contributed by atoms with Crippen LogP contribution < -0.4 is 0 Å². The van der Waals surface area contributed by atoms with Gasteiger partial charge < -0.3 is 10.2 Å². The maximum absolute atomic E-state index is 10.9. The highest BCUT2D eigenvalue weighted by molar-refractivity contribution is 6.01. The summed E-state index contributed by atoms with van der Waals surface area (Å²) >= 11 is 0. The Kier molecular flexibility index (Phi) is 3.00. The molecule has 0 aromatic heterocycles. The molecule has 63 valence electrons. The lowest BCUT2D eigenvalue weighted by Gasteiger charge is -2.13. The molecule has 5 nitrogen and oxygen atoms in total. The fourth-order valence-electron chi connectivity index (χ4n) is 0.657. The Labute approximate surface area is 63.3 Å². The number of hydrogen-bond donors (Lipinski definition) is 2.